The highest BCUT2D eigenvalue weighted by molar-refractivity contribution is 5.39. The number of ether oxygens (including phenoxy) is 2. The van der Waals surface area contributed by atoms with Crippen molar-refractivity contribution in [3.63, 3.8) is 0 Å². The summed E-state index contributed by atoms with van der Waals surface area (Å²) < 4.78 is 11.5. The Morgan fingerprint density at radius 3 is 2.67 bits per heavy atom. The average Bonchev–Trinajstić information content (AvgIpc) is 2.94. The summed E-state index contributed by atoms with van der Waals surface area (Å²) in [5.41, 5.74) is 0. The Balaban J connectivity index is 1.78. The van der Waals surface area contributed by atoms with E-state index in [-0.39, 0.29) is 0 Å². The van der Waals surface area contributed by atoms with Crippen molar-refractivity contribution in [2.75, 3.05) is 39.4 Å². The third-order valence-corrected chi connectivity index (χ3v) is 3.91. The number of nitrogens with zero attached hydrogens (tertiary/aromatic N) is 1. The second-order valence-corrected chi connectivity index (χ2v) is 5.37. The molecule has 1 fully saturated rings. The maximum atomic E-state index is 5.92. The molecule has 118 valence electrons. The summed E-state index contributed by atoms with van der Waals surface area (Å²) in [7, 11) is 0. The molecule has 0 bridgehead atoms. The Labute approximate surface area is 128 Å². The monoisotopic (exact) mass is 292 g/mol. The van der Waals surface area contributed by atoms with Crippen LogP contribution in [0.2, 0.25) is 0 Å². The standard InChI is InChI=1S/C17H28N2O2/c1-3-18-14-15-8-7-11-19(15)12-13-21-17-10-6-5-9-16(17)20-4-2/h5-6,9-10,15,18H,3-4,7-8,11-14H2,1-2H3. The van der Waals surface area contributed by atoms with Gasteiger partial charge in [0.1, 0.15) is 6.61 Å². The maximum absolute atomic E-state index is 5.92. The predicted octanol–water partition coefficient (Wildman–Crippen LogP) is 2.54. The van der Waals surface area contributed by atoms with Gasteiger partial charge in [-0.3, -0.25) is 4.90 Å². The fourth-order valence-electron chi connectivity index (χ4n) is 2.85. The SMILES string of the molecule is CCNCC1CCCN1CCOc1ccccc1OCC. The third-order valence-electron chi connectivity index (χ3n) is 3.91. The molecule has 0 aromatic heterocycles. The number of hydrogen-bond donors (Lipinski definition) is 1. The van der Waals surface area contributed by atoms with Crippen LogP contribution in [0.5, 0.6) is 11.5 Å². The number of benzene rings is 1. The van der Waals surface area contributed by atoms with E-state index in [2.05, 4.69) is 17.1 Å². The van der Waals surface area contributed by atoms with Gasteiger partial charge in [-0.2, -0.15) is 0 Å². The van der Waals surface area contributed by atoms with E-state index in [0.717, 1.165) is 31.1 Å². The van der Waals surface area contributed by atoms with Crippen LogP contribution in [0.25, 0.3) is 0 Å². The van der Waals surface area contributed by atoms with Gasteiger partial charge in [-0.15, -0.1) is 0 Å². The lowest BCUT2D eigenvalue weighted by Gasteiger charge is -2.24. The molecule has 0 spiro atoms. The van der Waals surface area contributed by atoms with Crippen LogP contribution in [0, 0.1) is 0 Å². The number of rotatable bonds is 9. The molecule has 1 heterocycles. The van der Waals surface area contributed by atoms with Crippen molar-refractivity contribution in [1.82, 2.24) is 10.2 Å². The van der Waals surface area contributed by atoms with Gasteiger partial charge in [0.15, 0.2) is 11.5 Å². The van der Waals surface area contributed by atoms with E-state index in [0.29, 0.717) is 19.3 Å². The van der Waals surface area contributed by atoms with Crippen LogP contribution in [-0.4, -0.2) is 50.3 Å². The summed E-state index contributed by atoms with van der Waals surface area (Å²) in [6.45, 7) is 9.83. The van der Waals surface area contributed by atoms with Crippen LogP contribution in [0.4, 0.5) is 0 Å². The third kappa shape index (κ3) is 4.90. The van der Waals surface area contributed by atoms with Crippen LogP contribution >= 0.6 is 0 Å². The average molecular weight is 292 g/mol. The van der Waals surface area contributed by atoms with Gasteiger partial charge in [0.25, 0.3) is 0 Å². The lowest BCUT2D eigenvalue weighted by Crippen LogP contribution is -2.39. The summed E-state index contributed by atoms with van der Waals surface area (Å²) in [6, 6.07) is 8.57. The number of nitrogens with one attached hydrogen (secondary N) is 1. The zero-order chi connectivity index (χ0) is 14.9. The molecule has 0 saturated carbocycles. The molecule has 1 aliphatic heterocycles. The lowest BCUT2D eigenvalue weighted by molar-refractivity contribution is 0.189. The maximum Gasteiger partial charge on any atom is 0.161 e. The van der Waals surface area contributed by atoms with E-state index in [1.54, 1.807) is 0 Å². The Bertz CT molecular complexity index is 412. The lowest BCUT2D eigenvalue weighted by atomic mass is 10.2. The minimum atomic E-state index is 0.663. The molecule has 1 unspecified atom stereocenters. The van der Waals surface area contributed by atoms with E-state index in [1.165, 1.54) is 19.4 Å². The minimum Gasteiger partial charge on any atom is -0.490 e. The molecule has 0 radical (unpaired) electrons. The largest absolute Gasteiger partial charge is 0.490 e. The first-order valence-corrected chi connectivity index (χ1v) is 8.14. The van der Waals surface area contributed by atoms with Gasteiger partial charge in [-0.05, 0) is 45.0 Å². The van der Waals surface area contributed by atoms with E-state index >= 15 is 0 Å². The van der Waals surface area contributed by atoms with Gasteiger partial charge < -0.3 is 14.8 Å². The molecule has 1 aromatic rings. The van der Waals surface area contributed by atoms with Crippen LogP contribution in [0.1, 0.15) is 26.7 Å². The van der Waals surface area contributed by atoms with Crippen LogP contribution in [0.15, 0.2) is 24.3 Å². The van der Waals surface area contributed by atoms with E-state index in [4.69, 9.17) is 9.47 Å². The minimum absolute atomic E-state index is 0.663. The summed E-state index contributed by atoms with van der Waals surface area (Å²) in [4.78, 5) is 2.53. The highest BCUT2D eigenvalue weighted by Gasteiger charge is 2.23. The molecule has 1 aliphatic rings. The Morgan fingerprint density at radius 1 is 1.19 bits per heavy atom. The Kier molecular flexibility index (Phi) is 6.83. The molecular formula is C17H28N2O2. The van der Waals surface area contributed by atoms with Gasteiger partial charge in [0.05, 0.1) is 6.61 Å². The zero-order valence-corrected chi connectivity index (χ0v) is 13.3. The quantitative estimate of drug-likeness (QED) is 0.758. The van der Waals surface area contributed by atoms with Crippen molar-refractivity contribution < 1.29 is 9.47 Å². The molecule has 1 N–H and O–H groups in total. The molecule has 1 aromatic carbocycles. The van der Waals surface area contributed by atoms with E-state index in [9.17, 15) is 0 Å². The first kappa shape index (κ1) is 16.1. The molecule has 0 amide bonds. The first-order chi connectivity index (χ1) is 10.3. The fraction of sp³-hybridized carbons (Fsp3) is 0.647. The van der Waals surface area contributed by atoms with Crippen molar-refractivity contribution in [3.05, 3.63) is 24.3 Å². The Hall–Kier alpha value is -1.26. The van der Waals surface area contributed by atoms with Gasteiger partial charge in [0.2, 0.25) is 0 Å². The van der Waals surface area contributed by atoms with Crippen molar-refractivity contribution in [2.24, 2.45) is 0 Å². The molecular weight excluding hydrogens is 264 g/mol. The number of hydrogen-bond acceptors (Lipinski definition) is 4. The summed E-state index contributed by atoms with van der Waals surface area (Å²) in [5.74, 6) is 1.69. The van der Waals surface area contributed by atoms with Crippen molar-refractivity contribution >= 4 is 0 Å². The summed E-state index contributed by atoms with van der Waals surface area (Å²) in [5, 5.41) is 3.45. The van der Waals surface area contributed by atoms with Gasteiger partial charge in [-0.1, -0.05) is 19.1 Å². The molecule has 2 rings (SSSR count). The number of para-hydroxylation sites is 2. The molecule has 4 heteroatoms. The normalized spacial score (nSPS) is 18.9. The summed E-state index contributed by atoms with van der Waals surface area (Å²) >= 11 is 0. The zero-order valence-electron chi connectivity index (χ0n) is 13.3. The molecule has 1 atom stereocenters. The fourth-order valence-corrected chi connectivity index (χ4v) is 2.85. The highest BCUT2D eigenvalue weighted by Crippen LogP contribution is 2.26. The molecule has 21 heavy (non-hydrogen) atoms. The predicted molar refractivity (Wildman–Crippen MR) is 86.2 cm³/mol. The smallest absolute Gasteiger partial charge is 0.161 e. The van der Waals surface area contributed by atoms with Gasteiger partial charge >= 0.3 is 0 Å². The highest BCUT2D eigenvalue weighted by atomic mass is 16.5. The van der Waals surface area contributed by atoms with Crippen LogP contribution in [0.3, 0.4) is 0 Å². The van der Waals surface area contributed by atoms with Crippen LogP contribution in [-0.2, 0) is 0 Å². The van der Waals surface area contributed by atoms with Crippen molar-refractivity contribution in [2.45, 2.75) is 32.7 Å². The van der Waals surface area contributed by atoms with E-state index < -0.39 is 0 Å². The van der Waals surface area contributed by atoms with Crippen molar-refractivity contribution in [1.29, 1.82) is 0 Å². The van der Waals surface area contributed by atoms with Gasteiger partial charge in [-0.25, -0.2) is 0 Å². The topological polar surface area (TPSA) is 33.7 Å². The second-order valence-electron chi connectivity index (χ2n) is 5.37. The molecule has 1 saturated heterocycles. The summed E-state index contributed by atoms with van der Waals surface area (Å²) in [6.07, 6.45) is 2.59. The van der Waals surface area contributed by atoms with Gasteiger partial charge in [0, 0.05) is 19.1 Å². The molecule has 0 aliphatic carbocycles. The Morgan fingerprint density at radius 2 is 1.95 bits per heavy atom. The van der Waals surface area contributed by atoms with Crippen LogP contribution < -0.4 is 14.8 Å². The van der Waals surface area contributed by atoms with E-state index in [1.807, 2.05) is 31.2 Å². The number of likely N-dealkylation sites (N-methyl/N-ethyl adjacent to an activating group) is 1. The first-order valence-electron chi connectivity index (χ1n) is 8.14. The molecule has 4 nitrogen and oxygen atoms in total. The number of likely N-dealkylation sites (tertiary alicyclic amines) is 1. The van der Waals surface area contributed by atoms with Crippen molar-refractivity contribution in [3.8, 4) is 11.5 Å². The second kappa shape index (κ2) is 8.90.